The van der Waals surface area contributed by atoms with Gasteiger partial charge in [-0.25, -0.2) is 0 Å². The van der Waals surface area contributed by atoms with Crippen LogP contribution in [0.4, 0.5) is 0 Å². The zero-order valence-corrected chi connectivity index (χ0v) is 20.4. The van der Waals surface area contributed by atoms with Crippen molar-refractivity contribution in [2.24, 2.45) is 11.3 Å². The highest BCUT2D eigenvalue weighted by atomic mass is 16.5. The summed E-state index contributed by atoms with van der Waals surface area (Å²) in [4.78, 5) is 41.3. The number of aryl methyl sites for hydroxylation is 1. The molecule has 9 nitrogen and oxygen atoms in total. The first-order valence-electron chi connectivity index (χ1n) is 11.5. The van der Waals surface area contributed by atoms with Crippen molar-refractivity contribution in [2.45, 2.75) is 59.0 Å². The molecule has 1 aromatic carbocycles. The third-order valence-corrected chi connectivity index (χ3v) is 6.02. The van der Waals surface area contributed by atoms with Crippen LogP contribution in [0.25, 0.3) is 10.9 Å². The van der Waals surface area contributed by atoms with Gasteiger partial charge in [0.1, 0.15) is 23.5 Å². The summed E-state index contributed by atoms with van der Waals surface area (Å²) in [5.74, 6) is -0.625. The van der Waals surface area contributed by atoms with Crippen molar-refractivity contribution < 1.29 is 19.1 Å². The molecule has 2 aromatic rings. The van der Waals surface area contributed by atoms with Crippen molar-refractivity contribution in [2.75, 3.05) is 13.7 Å². The second-order valence-corrected chi connectivity index (χ2v) is 10.0. The average molecular weight is 468 g/mol. The summed E-state index contributed by atoms with van der Waals surface area (Å²) < 4.78 is 5.40. The first-order chi connectivity index (χ1) is 16.0. The second-order valence-electron chi connectivity index (χ2n) is 10.0. The Labute approximate surface area is 199 Å². The van der Waals surface area contributed by atoms with E-state index in [0.717, 1.165) is 16.5 Å². The number of nitrogens with zero attached hydrogens (tertiary/aromatic N) is 1. The molecule has 0 bridgehead atoms. The van der Waals surface area contributed by atoms with Gasteiger partial charge in [0.15, 0.2) is 0 Å². The van der Waals surface area contributed by atoms with Crippen LogP contribution in [0.1, 0.15) is 56.1 Å². The van der Waals surface area contributed by atoms with Gasteiger partial charge in [0, 0.05) is 17.8 Å². The van der Waals surface area contributed by atoms with Crippen LogP contribution < -0.4 is 20.7 Å². The Kier molecular flexibility index (Phi) is 7.50. The highest BCUT2D eigenvalue weighted by Gasteiger charge is 2.32. The molecule has 4 N–H and O–H groups in total. The molecule has 3 amide bonds. The van der Waals surface area contributed by atoms with Crippen molar-refractivity contribution >= 4 is 28.6 Å². The number of nitrogens with one attached hydrogen (secondary N) is 4. The zero-order valence-electron chi connectivity index (χ0n) is 20.4. The number of benzene rings is 1. The van der Waals surface area contributed by atoms with Crippen LogP contribution in [-0.4, -0.2) is 48.4 Å². The maximum absolute atomic E-state index is 13.1. The molecule has 182 valence electrons. The van der Waals surface area contributed by atoms with E-state index in [1.165, 1.54) is 0 Å². The van der Waals surface area contributed by atoms with Crippen LogP contribution in [0.2, 0.25) is 0 Å². The van der Waals surface area contributed by atoms with Crippen molar-refractivity contribution in [3.05, 3.63) is 29.5 Å². The summed E-state index contributed by atoms with van der Waals surface area (Å²) in [7, 11) is 1.57. The van der Waals surface area contributed by atoms with Crippen LogP contribution in [0.3, 0.4) is 0 Å². The lowest BCUT2D eigenvalue weighted by atomic mass is 9.87. The molecule has 2 heterocycles. The molecule has 0 spiro atoms. The van der Waals surface area contributed by atoms with Crippen molar-refractivity contribution in [3.8, 4) is 11.8 Å². The highest BCUT2D eigenvalue weighted by Crippen LogP contribution is 2.29. The Bertz CT molecular complexity index is 1120. The standard InChI is InChI=1S/C25H33N5O4/c1-14-6-7-20(34-5)17-11-18(29-21(14)17)23(32)30-19(12-25(2,3)4)24(33)28-16(13-26)10-15-8-9-27-22(15)31/h6-7,11,15-16,19,29H,8-10,12H2,1-5H3,(H,27,31)(H,28,33)(H,30,32)/t15-,16-,19-/m0/s1. The molecule has 1 saturated heterocycles. The third-order valence-electron chi connectivity index (χ3n) is 6.02. The SMILES string of the molecule is COc1ccc(C)c2[nH]c(C(=O)N[C@@H](CC(C)(C)C)C(=O)N[C@H](C#N)C[C@@H]3CCNC3=O)cc12. The molecule has 3 rings (SSSR count). The van der Waals surface area contributed by atoms with Gasteiger partial charge >= 0.3 is 0 Å². The first kappa shape index (κ1) is 25.1. The van der Waals surface area contributed by atoms with Crippen LogP contribution in [0.15, 0.2) is 18.2 Å². The third kappa shape index (κ3) is 5.87. The molecule has 1 aromatic heterocycles. The van der Waals surface area contributed by atoms with Gasteiger partial charge in [-0.15, -0.1) is 0 Å². The maximum Gasteiger partial charge on any atom is 0.268 e. The van der Waals surface area contributed by atoms with E-state index in [1.54, 1.807) is 13.2 Å². The summed E-state index contributed by atoms with van der Waals surface area (Å²) in [5.41, 5.74) is 1.81. The number of rotatable bonds is 8. The number of fused-ring (bicyclic) bond motifs is 1. The van der Waals surface area contributed by atoms with E-state index in [4.69, 9.17) is 4.74 Å². The largest absolute Gasteiger partial charge is 0.496 e. The summed E-state index contributed by atoms with van der Waals surface area (Å²) >= 11 is 0. The van der Waals surface area contributed by atoms with E-state index < -0.39 is 23.9 Å². The molecule has 0 radical (unpaired) electrons. The smallest absolute Gasteiger partial charge is 0.268 e. The van der Waals surface area contributed by atoms with Crippen LogP contribution >= 0.6 is 0 Å². The van der Waals surface area contributed by atoms with Gasteiger partial charge in [-0.1, -0.05) is 26.8 Å². The number of methoxy groups -OCH3 is 1. The van der Waals surface area contributed by atoms with E-state index in [1.807, 2.05) is 39.8 Å². The molecule has 9 heteroatoms. The number of nitriles is 1. The van der Waals surface area contributed by atoms with Gasteiger partial charge in [0.25, 0.3) is 5.91 Å². The number of hydrogen-bond acceptors (Lipinski definition) is 5. The van der Waals surface area contributed by atoms with Gasteiger partial charge in [-0.2, -0.15) is 5.26 Å². The number of aromatic nitrogens is 1. The molecule has 34 heavy (non-hydrogen) atoms. The molecular weight excluding hydrogens is 434 g/mol. The number of H-pyrrole nitrogens is 1. The fourth-order valence-electron chi connectivity index (χ4n) is 4.26. The Morgan fingerprint density at radius 3 is 2.62 bits per heavy atom. The number of aromatic amines is 1. The lowest BCUT2D eigenvalue weighted by Crippen LogP contribution is -2.51. The molecule has 1 aliphatic rings. The molecule has 1 fully saturated rings. The Morgan fingerprint density at radius 1 is 1.29 bits per heavy atom. The van der Waals surface area contributed by atoms with Gasteiger partial charge in [0.2, 0.25) is 11.8 Å². The Balaban J connectivity index is 1.78. The summed E-state index contributed by atoms with van der Waals surface area (Å²) in [6.07, 6.45) is 1.25. The van der Waals surface area contributed by atoms with E-state index >= 15 is 0 Å². The van der Waals surface area contributed by atoms with Crippen molar-refractivity contribution in [1.82, 2.24) is 20.9 Å². The summed E-state index contributed by atoms with van der Waals surface area (Å²) in [6.45, 7) is 8.43. The van der Waals surface area contributed by atoms with Crippen LogP contribution in [0, 0.1) is 29.6 Å². The quantitative estimate of drug-likeness (QED) is 0.473. The van der Waals surface area contributed by atoms with Gasteiger partial charge < -0.3 is 25.7 Å². The Hall–Kier alpha value is -3.54. The molecule has 3 atom stereocenters. The predicted molar refractivity (Wildman–Crippen MR) is 128 cm³/mol. The lowest BCUT2D eigenvalue weighted by Gasteiger charge is -2.27. The number of carbonyl (C=O) groups is 3. The minimum Gasteiger partial charge on any atom is -0.496 e. The predicted octanol–water partition coefficient (Wildman–Crippen LogP) is 2.55. The van der Waals surface area contributed by atoms with Crippen LogP contribution in [0.5, 0.6) is 5.75 Å². The molecule has 0 aliphatic carbocycles. The minimum absolute atomic E-state index is 0.0985. The fourth-order valence-corrected chi connectivity index (χ4v) is 4.26. The summed E-state index contributed by atoms with van der Waals surface area (Å²) in [5, 5.41) is 18.6. The van der Waals surface area contributed by atoms with E-state index in [9.17, 15) is 19.6 Å². The number of carbonyl (C=O) groups excluding carboxylic acids is 3. The number of amides is 3. The lowest BCUT2D eigenvalue weighted by molar-refractivity contribution is -0.125. The van der Waals surface area contributed by atoms with Gasteiger partial charge in [0.05, 0.1) is 18.7 Å². The first-order valence-corrected chi connectivity index (χ1v) is 11.5. The topological polar surface area (TPSA) is 136 Å². The number of hydrogen-bond donors (Lipinski definition) is 4. The zero-order chi connectivity index (χ0) is 25.0. The molecule has 1 aliphatic heterocycles. The van der Waals surface area contributed by atoms with Crippen molar-refractivity contribution in [1.29, 1.82) is 5.26 Å². The van der Waals surface area contributed by atoms with Crippen LogP contribution in [-0.2, 0) is 9.59 Å². The minimum atomic E-state index is -0.852. The maximum atomic E-state index is 13.1. The fraction of sp³-hybridized carbons (Fsp3) is 0.520. The highest BCUT2D eigenvalue weighted by molar-refractivity contribution is 6.02. The second kappa shape index (κ2) is 10.2. The van der Waals surface area contributed by atoms with Crippen molar-refractivity contribution in [3.63, 3.8) is 0 Å². The monoisotopic (exact) mass is 467 g/mol. The van der Waals surface area contributed by atoms with Gasteiger partial charge in [-0.05, 0) is 49.3 Å². The Morgan fingerprint density at radius 2 is 2.03 bits per heavy atom. The van der Waals surface area contributed by atoms with Gasteiger partial charge in [-0.3, -0.25) is 14.4 Å². The average Bonchev–Trinajstić information content (AvgIpc) is 3.39. The number of ether oxygens (including phenoxy) is 1. The molecule has 0 saturated carbocycles. The van der Waals surface area contributed by atoms with E-state index in [-0.39, 0.29) is 23.7 Å². The van der Waals surface area contributed by atoms with E-state index in [2.05, 4.69) is 27.0 Å². The van der Waals surface area contributed by atoms with E-state index in [0.29, 0.717) is 30.8 Å². The molecular formula is C25H33N5O4. The molecule has 0 unspecified atom stereocenters. The normalized spacial score (nSPS) is 17.5. The summed E-state index contributed by atoms with van der Waals surface area (Å²) in [6, 6.07) is 5.86.